The van der Waals surface area contributed by atoms with Gasteiger partial charge in [0.25, 0.3) is 0 Å². The van der Waals surface area contributed by atoms with Gasteiger partial charge in [-0.25, -0.2) is 0 Å². The largest absolute Gasteiger partial charge is 0.493 e. The minimum Gasteiger partial charge on any atom is -0.493 e. The van der Waals surface area contributed by atoms with Crippen molar-refractivity contribution in [1.29, 1.82) is 0 Å². The van der Waals surface area contributed by atoms with Crippen molar-refractivity contribution in [3.05, 3.63) is 23.3 Å². The average molecular weight is 421 g/mol. The summed E-state index contributed by atoms with van der Waals surface area (Å²) in [6, 6.07) is 1.77. The lowest BCUT2D eigenvalue weighted by Crippen LogP contribution is -2.51. The molecule has 1 saturated heterocycles. The molecule has 168 valence electrons. The fourth-order valence-electron chi connectivity index (χ4n) is 4.41. The summed E-state index contributed by atoms with van der Waals surface area (Å²) in [4.78, 5) is 14.9. The Morgan fingerprint density at radius 1 is 1.23 bits per heavy atom. The summed E-state index contributed by atoms with van der Waals surface area (Å²) >= 11 is 0. The third kappa shape index (κ3) is 4.75. The maximum Gasteiger partial charge on any atom is 0.323 e. The summed E-state index contributed by atoms with van der Waals surface area (Å²) in [5.41, 5.74) is 7.83. The highest BCUT2D eigenvalue weighted by atomic mass is 16.5. The number of fused-ring (bicyclic) bond motifs is 3. The Morgan fingerprint density at radius 3 is 2.50 bits per heavy atom. The zero-order valence-electron chi connectivity index (χ0n) is 21.2. The van der Waals surface area contributed by atoms with Crippen LogP contribution in [0.1, 0.15) is 60.4 Å². The lowest BCUT2D eigenvalue weighted by molar-refractivity contribution is -0.160. The molecule has 2 N–H and O–H groups in total. The van der Waals surface area contributed by atoms with Crippen molar-refractivity contribution in [2.45, 2.75) is 65.1 Å². The second kappa shape index (κ2) is 9.56. The topological polar surface area (TPSA) is 74.0 Å². The Bertz CT molecular complexity index is 850. The molecule has 6 heteroatoms. The predicted molar refractivity (Wildman–Crippen MR) is 118 cm³/mol. The van der Waals surface area contributed by atoms with Gasteiger partial charge < -0.3 is 19.9 Å². The van der Waals surface area contributed by atoms with E-state index < -0.39 is 24.1 Å². The molecule has 0 aliphatic carbocycles. The molecule has 0 aromatic heterocycles. The summed E-state index contributed by atoms with van der Waals surface area (Å²) < 4.78 is 35.6. The van der Waals surface area contributed by atoms with Gasteiger partial charge in [0.15, 0.2) is 11.5 Å². The Balaban J connectivity index is 2.03. The van der Waals surface area contributed by atoms with Gasteiger partial charge in [0.1, 0.15) is 12.1 Å². The number of nitrogens with two attached hydrogens (primary N) is 1. The maximum absolute atomic E-state index is 12.8. The van der Waals surface area contributed by atoms with Crippen molar-refractivity contribution in [3.8, 4) is 11.5 Å². The van der Waals surface area contributed by atoms with Crippen molar-refractivity contribution in [3.63, 3.8) is 0 Å². The van der Waals surface area contributed by atoms with Crippen LogP contribution in [0.25, 0.3) is 0 Å². The van der Waals surface area contributed by atoms with Gasteiger partial charge >= 0.3 is 5.97 Å². The third-order valence-corrected chi connectivity index (χ3v) is 6.17. The number of methoxy groups -OCH3 is 2. The van der Waals surface area contributed by atoms with Gasteiger partial charge in [-0.05, 0) is 47.9 Å². The quantitative estimate of drug-likeness (QED) is 0.680. The van der Waals surface area contributed by atoms with Gasteiger partial charge in [0.05, 0.1) is 17.0 Å². The molecule has 6 nitrogen and oxygen atoms in total. The number of ether oxygens (including phenoxy) is 3. The van der Waals surface area contributed by atoms with Crippen molar-refractivity contribution in [2.24, 2.45) is 23.5 Å². The minimum atomic E-state index is -1.53. The first-order chi connectivity index (χ1) is 14.9. The van der Waals surface area contributed by atoms with Crippen LogP contribution in [0.5, 0.6) is 11.5 Å². The highest BCUT2D eigenvalue weighted by molar-refractivity contribution is 5.76. The van der Waals surface area contributed by atoms with Crippen LogP contribution >= 0.6 is 0 Å². The summed E-state index contributed by atoms with van der Waals surface area (Å²) in [5, 5.41) is 0. The van der Waals surface area contributed by atoms with Crippen molar-refractivity contribution in [1.82, 2.24) is 4.90 Å². The van der Waals surface area contributed by atoms with Crippen molar-refractivity contribution < 1.29 is 21.7 Å². The Morgan fingerprint density at radius 2 is 1.90 bits per heavy atom. The second-order valence-corrected chi connectivity index (χ2v) is 9.17. The molecule has 3 rings (SSSR count). The monoisotopic (exact) mass is 420 g/mol. The first-order valence-electron chi connectivity index (χ1n) is 11.9. The maximum atomic E-state index is 12.8. The first kappa shape index (κ1) is 20.1. The Hall–Kier alpha value is -1.79. The third-order valence-electron chi connectivity index (χ3n) is 6.17. The van der Waals surface area contributed by atoms with E-state index in [0.29, 0.717) is 30.5 Å². The van der Waals surface area contributed by atoms with Gasteiger partial charge in [-0.1, -0.05) is 27.7 Å². The second-order valence-electron chi connectivity index (χ2n) is 9.17. The van der Waals surface area contributed by atoms with Crippen molar-refractivity contribution >= 4 is 5.97 Å². The summed E-state index contributed by atoms with van der Waals surface area (Å²) in [6.45, 7) is 9.15. The van der Waals surface area contributed by atoms with Crippen LogP contribution in [-0.2, 0) is 16.0 Å². The Kier molecular flexibility index (Phi) is 6.42. The smallest absolute Gasteiger partial charge is 0.323 e. The number of benzene rings is 1. The molecule has 2 heterocycles. The van der Waals surface area contributed by atoms with Gasteiger partial charge in [-0.3, -0.25) is 9.69 Å². The number of carbonyl (C=O) groups excluding carboxylic acids is 1. The van der Waals surface area contributed by atoms with E-state index in [9.17, 15) is 7.54 Å². The van der Waals surface area contributed by atoms with Crippen LogP contribution < -0.4 is 15.2 Å². The molecule has 0 spiro atoms. The lowest BCUT2D eigenvalue weighted by Gasteiger charge is -2.47. The number of esters is 1. The number of carbonyl (C=O) groups is 1. The van der Waals surface area contributed by atoms with Crippen LogP contribution in [0.15, 0.2) is 12.1 Å². The Labute approximate surface area is 183 Å². The molecule has 2 aliphatic heterocycles. The molecule has 0 bridgehead atoms. The molecule has 0 amide bonds. The van der Waals surface area contributed by atoms with Gasteiger partial charge in [0, 0.05) is 31.4 Å². The van der Waals surface area contributed by atoms with Gasteiger partial charge in [0.2, 0.25) is 0 Å². The summed E-state index contributed by atoms with van der Waals surface area (Å²) in [5.74, 6) is 0.658. The van der Waals surface area contributed by atoms with Gasteiger partial charge in [-0.15, -0.1) is 0 Å². The van der Waals surface area contributed by atoms with E-state index in [-0.39, 0.29) is 18.3 Å². The zero-order chi connectivity index (χ0) is 23.8. The van der Waals surface area contributed by atoms with E-state index in [2.05, 4.69) is 18.7 Å². The van der Waals surface area contributed by atoms with E-state index in [1.165, 1.54) is 0 Å². The SMILES string of the molecule is [2H]C1(OC(=O)[C@@H](N)C(C)C)CC2([2H])c3cc(OC)c(OC)cc3CCN2CC1CC(C)C. The lowest BCUT2D eigenvalue weighted by atomic mass is 9.79. The van der Waals surface area contributed by atoms with Crippen LogP contribution in [0.2, 0.25) is 0 Å². The van der Waals surface area contributed by atoms with Crippen molar-refractivity contribution in [2.75, 3.05) is 27.3 Å². The molecule has 30 heavy (non-hydrogen) atoms. The number of piperidine rings is 1. The fourth-order valence-corrected chi connectivity index (χ4v) is 4.41. The van der Waals surface area contributed by atoms with Crippen LogP contribution in [0, 0.1) is 17.8 Å². The first-order valence-corrected chi connectivity index (χ1v) is 10.9. The molecular formula is C24H38N2O4. The minimum absolute atomic E-state index is 0.0520. The fraction of sp³-hybridized carbons (Fsp3) is 0.708. The number of nitrogens with zero attached hydrogens (tertiary/aromatic N) is 1. The van der Waals surface area contributed by atoms with Crippen LogP contribution in [-0.4, -0.2) is 50.3 Å². The molecule has 2 aliphatic rings. The molecule has 4 atom stereocenters. The van der Waals surface area contributed by atoms with Crippen LogP contribution in [0.4, 0.5) is 0 Å². The molecule has 1 aromatic rings. The summed E-state index contributed by atoms with van der Waals surface area (Å²) in [6.07, 6.45) is 0.0388. The molecule has 3 unspecified atom stereocenters. The number of hydrogen-bond acceptors (Lipinski definition) is 6. The summed E-state index contributed by atoms with van der Waals surface area (Å²) in [7, 11) is 3.17. The molecular weight excluding hydrogens is 380 g/mol. The average Bonchev–Trinajstić information content (AvgIpc) is 2.72. The standard InChI is InChI=1S/C24H38N2O4/c1-14(2)9-17-13-26-8-7-16-10-21(28-5)22(29-6)11-18(16)19(26)12-20(17)30-24(27)23(25)15(3)4/h10-11,14-15,17,19-20,23H,7-9,12-13,25H2,1-6H3/t17?,19?,20?,23-/m0/s1/i19D,20D. The van der Waals surface area contributed by atoms with E-state index in [4.69, 9.17) is 19.9 Å². The number of hydrogen-bond donors (Lipinski definition) is 1. The molecule has 1 aromatic carbocycles. The highest BCUT2D eigenvalue weighted by Gasteiger charge is 2.41. The zero-order valence-corrected chi connectivity index (χ0v) is 19.2. The van der Waals surface area contributed by atoms with E-state index in [0.717, 1.165) is 24.0 Å². The number of rotatable bonds is 7. The predicted octanol–water partition coefficient (Wildman–Crippen LogP) is 3.56. The molecule has 0 radical (unpaired) electrons. The van der Waals surface area contributed by atoms with E-state index in [1.807, 2.05) is 26.0 Å². The van der Waals surface area contributed by atoms with E-state index in [1.54, 1.807) is 14.2 Å². The van der Waals surface area contributed by atoms with Gasteiger partial charge in [-0.2, -0.15) is 0 Å². The molecule has 0 saturated carbocycles. The highest BCUT2D eigenvalue weighted by Crippen LogP contribution is 2.44. The normalized spacial score (nSPS) is 30.8. The molecule has 1 fully saturated rings. The van der Waals surface area contributed by atoms with Crippen LogP contribution in [0.3, 0.4) is 0 Å². The van der Waals surface area contributed by atoms with E-state index >= 15 is 0 Å².